The molecule has 4 nitrogen and oxygen atoms in total. The Kier molecular flexibility index (Phi) is 8.61. The molecule has 1 heterocycles. The van der Waals surface area contributed by atoms with Crippen LogP contribution in [0.2, 0.25) is 5.02 Å². The monoisotopic (exact) mass is 346 g/mol. The van der Waals surface area contributed by atoms with Gasteiger partial charge in [-0.2, -0.15) is 0 Å². The number of piperidine rings is 1. The summed E-state index contributed by atoms with van der Waals surface area (Å²) in [5.41, 5.74) is 0. The predicted octanol–water partition coefficient (Wildman–Crippen LogP) is 2.99. The third-order valence-corrected chi connectivity index (χ3v) is 4.08. The lowest BCUT2D eigenvalue weighted by molar-refractivity contribution is -0.134. The summed E-state index contributed by atoms with van der Waals surface area (Å²) in [5.74, 6) is 1.42. The molecule has 0 unspecified atom stereocenters. The zero-order chi connectivity index (χ0) is 15.1. The summed E-state index contributed by atoms with van der Waals surface area (Å²) in [6.07, 6.45) is 2.14. The van der Waals surface area contributed by atoms with Crippen LogP contribution in [0.3, 0.4) is 0 Å². The minimum atomic E-state index is 0. The molecule has 1 fully saturated rings. The van der Waals surface area contributed by atoms with E-state index in [2.05, 4.69) is 12.2 Å². The Hall–Kier alpha value is -0.970. The van der Waals surface area contributed by atoms with Crippen molar-refractivity contribution >= 4 is 29.9 Å². The topological polar surface area (TPSA) is 41.6 Å². The summed E-state index contributed by atoms with van der Waals surface area (Å²) in [6, 6.07) is 7.07. The molecule has 0 aromatic heterocycles. The number of rotatable bonds is 6. The second-order valence-electron chi connectivity index (χ2n) is 5.37. The first-order valence-corrected chi connectivity index (χ1v) is 7.93. The van der Waals surface area contributed by atoms with Crippen LogP contribution in [-0.2, 0) is 4.79 Å². The molecule has 1 aliphatic rings. The van der Waals surface area contributed by atoms with Crippen LogP contribution in [0.1, 0.15) is 19.8 Å². The lowest BCUT2D eigenvalue weighted by atomic mass is 9.97. The summed E-state index contributed by atoms with van der Waals surface area (Å²) in [6.45, 7) is 5.94. The minimum Gasteiger partial charge on any atom is -0.484 e. The van der Waals surface area contributed by atoms with Gasteiger partial charge in [0.1, 0.15) is 5.75 Å². The van der Waals surface area contributed by atoms with Crippen molar-refractivity contribution in [1.82, 2.24) is 10.2 Å². The maximum absolute atomic E-state index is 12.1. The fraction of sp³-hybridized carbons (Fsp3) is 0.562. The number of likely N-dealkylation sites (tertiary alicyclic amines) is 1. The van der Waals surface area contributed by atoms with E-state index in [-0.39, 0.29) is 24.9 Å². The first-order chi connectivity index (χ1) is 10.2. The quantitative estimate of drug-likeness (QED) is 0.860. The number of carbonyl (C=O) groups is 1. The van der Waals surface area contributed by atoms with E-state index >= 15 is 0 Å². The van der Waals surface area contributed by atoms with Gasteiger partial charge in [0.2, 0.25) is 0 Å². The van der Waals surface area contributed by atoms with Crippen molar-refractivity contribution in [3.8, 4) is 5.75 Å². The number of carbonyl (C=O) groups excluding carboxylic acids is 1. The highest BCUT2D eigenvalue weighted by atomic mass is 35.5. The van der Waals surface area contributed by atoms with Gasteiger partial charge in [0.05, 0.1) is 0 Å². The maximum atomic E-state index is 12.1. The Bertz CT molecular complexity index is 446. The van der Waals surface area contributed by atoms with Gasteiger partial charge in [-0.1, -0.05) is 18.5 Å². The van der Waals surface area contributed by atoms with E-state index in [9.17, 15) is 4.79 Å². The Morgan fingerprint density at radius 2 is 1.95 bits per heavy atom. The molecular formula is C16H24Cl2N2O2. The fourth-order valence-corrected chi connectivity index (χ4v) is 2.63. The standard InChI is InChI=1S/C16H23ClN2O2.ClH/c1-2-18-11-13-7-9-19(10-8-13)16(20)12-21-15-5-3-14(17)4-6-15;/h3-6,13,18H,2,7-12H2,1H3;1H. The summed E-state index contributed by atoms with van der Waals surface area (Å²) in [5, 5.41) is 4.04. The third kappa shape index (κ3) is 6.03. The summed E-state index contributed by atoms with van der Waals surface area (Å²) >= 11 is 5.81. The number of hydrogen-bond donors (Lipinski definition) is 1. The van der Waals surface area contributed by atoms with Crippen molar-refractivity contribution in [2.24, 2.45) is 5.92 Å². The zero-order valence-electron chi connectivity index (χ0n) is 12.9. The molecule has 0 atom stereocenters. The first-order valence-electron chi connectivity index (χ1n) is 7.56. The molecule has 1 amide bonds. The van der Waals surface area contributed by atoms with Gasteiger partial charge >= 0.3 is 0 Å². The second-order valence-corrected chi connectivity index (χ2v) is 5.81. The van der Waals surface area contributed by atoms with E-state index in [4.69, 9.17) is 16.3 Å². The van der Waals surface area contributed by atoms with E-state index in [1.165, 1.54) is 0 Å². The fourth-order valence-electron chi connectivity index (χ4n) is 2.50. The predicted molar refractivity (Wildman–Crippen MR) is 92.0 cm³/mol. The zero-order valence-corrected chi connectivity index (χ0v) is 14.5. The van der Waals surface area contributed by atoms with Crippen LogP contribution < -0.4 is 10.1 Å². The highest BCUT2D eigenvalue weighted by Crippen LogP contribution is 2.18. The van der Waals surface area contributed by atoms with Crippen LogP contribution in [-0.4, -0.2) is 43.6 Å². The van der Waals surface area contributed by atoms with Crippen LogP contribution in [0.25, 0.3) is 0 Å². The molecule has 1 aromatic carbocycles. The Balaban J connectivity index is 0.00000242. The normalized spacial score (nSPS) is 15.3. The minimum absolute atomic E-state index is 0. The van der Waals surface area contributed by atoms with Crippen molar-refractivity contribution < 1.29 is 9.53 Å². The number of halogens is 2. The van der Waals surface area contributed by atoms with Gasteiger partial charge in [-0.05, 0) is 56.1 Å². The third-order valence-electron chi connectivity index (χ3n) is 3.83. The molecule has 0 bridgehead atoms. The number of benzene rings is 1. The molecule has 6 heteroatoms. The summed E-state index contributed by atoms with van der Waals surface area (Å²) in [7, 11) is 0. The van der Waals surface area contributed by atoms with E-state index < -0.39 is 0 Å². The molecule has 1 aliphatic heterocycles. The molecular weight excluding hydrogens is 323 g/mol. The number of nitrogens with one attached hydrogen (secondary N) is 1. The molecule has 0 radical (unpaired) electrons. The Morgan fingerprint density at radius 3 is 2.55 bits per heavy atom. The van der Waals surface area contributed by atoms with Gasteiger partial charge in [0.25, 0.3) is 5.91 Å². The van der Waals surface area contributed by atoms with E-state index in [1.54, 1.807) is 24.3 Å². The smallest absolute Gasteiger partial charge is 0.260 e. The van der Waals surface area contributed by atoms with E-state index in [1.807, 2.05) is 4.90 Å². The molecule has 1 saturated heterocycles. The van der Waals surface area contributed by atoms with Crippen molar-refractivity contribution in [1.29, 1.82) is 0 Å². The summed E-state index contributed by atoms with van der Waals surface area (Å²) in [4.78, 5) is 14.0. The van der Waals surface area contributed by atoms with Crippen LogP contribution in [0.15, 0.2) is 24.3 Å². The molecule has 2 rings (SSSR count). The van der Waals surface area contributed by atoms with Crippen molar-refractivity contribution in [3.63, 3.8) is 0 Å². The van der Waals surface area contributed by atoms with Crippen molar-refractivity contribution in [3.05, 3.63) is 29.3 Å². The molecule has 0 saturated carbocycles. The second kappa shape index (κ2) is 9.93. The molecule has 0 spiro atoms. The highest BCUT2D eigenvalue weighted by molar-refractivity contribution is 6.30. The van der Waals surface area contributed by atoms with Crippen LogP contribution in [0.5, 0.6) is 5.75 Å². The molecule has 0 aliphatic carbocycles. The lowest BCUT2D eigenvalue weighted by Crippen LogP contribution is -2.42. The summed E-state index contributed by atoms with van der Waals surface area (Å²) < 4.78 is 5.51. The molecule has 1 N–H and O–H groups in total. The van der Waals surface area contributed by atoms with Crippen molar-refractivity contribution in [2.75, 3.05) is 32.8 Å². The van der Waals surface area contributed by atoms with Crippen molar-refractivity contribution in [2.45, 2.75) is 19.8 Å². The van der Waals surface area contributed by atoms with Gasteiger partial charge in [-0.3, -0.25) is 4.79 Å². The number of amides is 1. The Labute approximate surface area is 143 Å². The van der Waals surface area contributed by atoms with Crippen LogP contribution >= 0.6 is 24.0 Å². The highest BCUT2D eigenvalue weighted by Gasteiger charge is 2.22. The first kappa shape index (κ1) is 19.1. The lowest BCUT2D eigenvalue weighted by Gasteiger charge is -2.32. The van der Waals surface area contributed by atoms with E-state index in [0.29, 0.717) is 16.7 Å². The van der Waals surface area contributed by atoms with Crippen LogP contribution in [0.4, 0.5) is 0 Å². The maximum Gasteiger partial charge on any atom is 0.260 e. The number of ether oxygens (including phenoxy) is 1. The van der Waals surface area contributed by atoms with E-state index in [0.717, 1.165) is 39.0 Å². The van der Waals surface area contributed by atoms with Gasteiger partial charge in [0.15, 0.2) is 6.61 Å². The molecule has 22 heavy (non-hydrogen) atoms. The average molecular weight is 347 g/mol. The Morgan fingerprint density at radius 1 is 1.32 bits per heavy atom. The van der Waals surface area contributed by atoms with Gasteiger partial charge in [-0.15, -0.1) is 12.4 Å². The van der Waals surface area contributed by atoms with Gasteiger partial charge < -0.3 is 15.0 Å². The molecule has 124 valence electrons. The SMILES string of the molecule is CCNCC1CCN(C(=O)COc2ccc(Cl)cc2)CC1.Cl. The average Bonchev–Trinajstić information content (AvgIpc) is 2.52. The largest absolute Gasteiger partial charge is 0.484 e. The number of nitrogens with zero attached hydrogens (tertiary/aromatic N) is 1. The van der Waals surface area contributed by atoms with Gasteiger partial charge in [-0.25, -0.2) is 0 Å². The van der Waals surface area contributed by atoms with Gasteiger partial charge in [0, 0.05) is 18.1 Å². The molecule has 1 aromatic rings. The van der Waals surface area contributed by atoms with Crippen LogP contribution in [0, 0.1) is 5.92 Å². The number of hydrogen-bond acceptors (Lipinski definition) is 3.